The van der Waals surface area contributed by atoms with E-state index in [2.05, 4.69) is 239 Å². The van der Waals surface area contributed by atoms with Crippen molar-refractivity contribution in [3.05, 3.63) is 204 Å². The van der Waals surface area contributed by atoms with Gasteiger partial charge in [0.15, 0.2) is 0 Å². The summed E-state index contributed by atoms with van der Waals surface area (Å²) in [6.45, 7) is 13.9. The topological polar surface area (TPSA) is 21.3 Å². The van der Waals surface area contributed by atoms with E-state index in [1.807, 2.05) is 0 Å². The van der Waals surface area contributed by atoms with Crippen LogP contribution in [-0.2, 0) is 23.4 Å². The van der Waals surface area contributed by atoms with E-state index in [1.165, 1.54) is 110 Å². The van der Waals surface area contributed by atoms with Crippen molar-refractivity contribution in [1.29, 1.82) is 0 Å². The number of rotatable bonds is 7. The number of benzene rings is 10. The predicted molar refractivity (Wildman–Crippen MR) is 326 cm³/mol. The van der Waals surface area contributed by atoms with Gasteiger partial charge in [0.25, 0.3) is 0 Å². The van der Waals surface area contributed by atoms with Crippen LogP contribution in [0.25, 0.3) is 87.5 Å². The molecule has 0 radical (unpaired) electrons. The first kappa shape index (κ1) is 45.2. The van der Waals surface area contributed by atoms with E-state index < -0.39 is 0 Å². The summed E-state index contributed by atoms with van der Waals surface area (Å²) in [6, 6.07) is 66.6. The molecule has 14 rings (SSSR count). The summed E-state index contributed by atoms with van der Waals surface area (Å²) in [6.07, 6.45) is 10.6. The number of fused-ring (bicyclic) bond motifs is 13. The Morgan fingerprint density at radius 3 is 1.95 bits per heavy atom. The normalized spacial score (nSPS) is 13.4. The van der Waals surface area contributed by atoms with Gasteiger partial charge in [-0.3, -0.25) is 0 Å². The fourth-order valence-electron chi connectivity index (χ4n) is 12.7. The molecule has 0 saturated carbocycles. The van der Waals surface area contributed by atoms with Crippen LogP contribution in [-0.4, -0.2) is 23.9 Å². The molecular weight excluding hydrogens is 934 g/mol. The fourth-order valence-corrected chi connectivity index (χ4v) is 13.7. The lowest BCUT2D eigenvalue weighted by Gasteiger charge is -2.41. The summed E-state index contributed by atoms with van der Waals surface area (Å²) in [5, 5.41) is 11.3. The Hall–Kier alpha value is -7.48. The molecule has 12 aromatic rings. The van der Waals surface area contributed by atoms with Crippen LogP contribution in [0.2, 0.25) is 0 Å². The summed E-state index contributed by atoms with van der Waals surface area (Å²) < 4.78 is 9.86. The SMILES string of the molecule is C=PCc1c2ccccc2c(Cc2ccccc2)c2cc3c(cc12)N(c1cc(P=C)cc(-c2ccccc2)c1)c1cc2oc4ccccc4c2c2c1B3n1c3ccc(C(C)(C)C)cc3c3cc(C(C)(C)C)cc-2c31. The highest BCUT2D eigenvalue weighted by atomic mass is 31.1. The number of hydrogen-bond acceptors (Lipinski definition) is 2. The first-order valence-corrected chi connectivity index (χ1v) is 28.3. The van der Waals surface area contributed by atoms with Crippen molar-refractivity contribution in [2.75, 3.05) is 4.90 Å². The second-order valence-electron chi connectivity index (χ2n) is 22.7. The molecule has 0 unspecified atom stereocenters. The molecule has 2 aliphatic heterocycles. The third-order valence-electron chi connectivity index (χ3n) is 16.2. The van der Waals surface area contributed by atoms with Crippen LogP contribution in [0.4, 0.5) is 17.1 Å². The number of para-hydroxylation sites is 1. The molecule has 10 aromatic carbocycles. The fraction of sp³-hybridized carbons (Fsp3) is 0.147. The molecule has 2 aliphatic rings. The quantitative estimate of drug-likeness (QED) is 0.0901. The second kappa shape index (κ2) is 16.5. The highest BCUT2D eigenvalue weighted by Crippen LogP contribution is 2.52. The van der Waals surface area contributed by atoms with Gasteiger partial charge in [-0.2, -0.15) is 0 Å². The Morgan fingerprint density at radius 1 is 0.541 bits per heavy atom. The van der Waals surface area contributed by atoms with E-state index in [4.69, 9.17) is 4.42 Å². The average Bonchev–Trinajstić information content (AvgIpc) is 3.99. The molecule has 3 nitrogen and oxygen atoms in total. The molecule has 2 aromatic heterocycles. The van der Waals surface area contributed by atoms with Crippen LogP contribution in [0.15, 0.2) is 180 Å². The lowest BCUT2D eigenvalue weighted by Crippen LogP contribution is -2.56. The number of nitrogens with zero attached hydrogens (tertiary/aromatic N) is 2. The largest absolute Gasteiger partial charge is 0.456 e. The van der Waals surface area contributed by atoms with Gasteiger partial charge in [0.05, 0.1) is 0 Å². The van der Waals surface area contributed by atoms with Crippen LogP contribution in [0.3, 0.4) is 0 Å². The van der Waals surface area contributed by atoms with E-state index in [9.17, 15) is 0 Å². The van der Waals surface area contributed by atoms with Crippen LogP contribution < -0.4 is 21.1 Å². The van der Waals surface area contributed by atoms with Gasteiger partial charge in [-0.1, -0.05) is 178 Å². The number of anilines is 3. The highest BCUT2D eigenvalue weighted by molar-refractivity contribution is 7.45. The van der Waals surface area contributed by atoms with Gasteiger partial charge in [-0.05, 0) is 149 Å². The maximum atomic E-state index is 7.11. The molecule has 0 atom stereocenters. The van der Waals surface area contributed by atoms with E-state index >= 15 is 0 Å². The predicted octanol–water partition coefficient (Wildman–Crippen LogP) is 17.2. The van der Waals surface area contributed by atoms with Gasteiger partial charge in [-0.15, -0.1) is 8.20 Å². The highest BCUT2D eigenvalue weighted by Gasteiger charge is 2.45. The first-order chi connectivity index (χ1) is 35.9. The van der Waals surface area contributed by atoms with E-state index in [-0.39, 0.29) is 17.7 Å². The lowest BCUT2D eigenvalue weighted by atomic mass is 9.44. The maximum absolute atomic E-state index is 7.11. The van der Waals surface area contributed by atoms with Gasteiger partial charge in [0.1, 0.15) is 11.2 Å². The van der Waals surface area contributed by atoms with Crippen LogP contribution >= 0.6 is 16.4 Å². The summed E-state index contributed by atoms with van der Waals surface area (Å²) >= 11 is 0. The van der Waals surface area contributed by atoms with Crippen molar-refractivity contribution in [2.24, 2.45) is 0 Å². The third-order valence-corrected chi connectivity index (χ3v) is 17.4. The Labute approximate surface area is 436 Å². The maximum Gasteiger partial charge on any atom is 0.333 e. The molecule has 0 spiro atoms. The molecule has 4 heterocycles. The smallest absolute Gasteiger partial charge is 0.333 e. The Bertz CT molecular complexity index is 4380. The van der Waals surface area contributed by atoms with Crippen molar-refractivity contribution in [1.82, 2.24) is 4.48 Å². The molecule has 0 amide bonds. The minimum absolute atomic E-state index is 0.0359. The summed E-state index contributed by atoms with van der Waals surface area (Å²) in [4.78, 5) is 2.59. The van der Waals surface area contributed by atoms with Crippen molar-refractivity contribution in [3.8, 4) is 22.3 Å². The Kier molecular flexibility index (Phi) is 10.1. The van der Waals surface area contributed by atoms with Crippen LogP contribution in [0, 0.1) is 0 Å². The molecule has 0 fully saturated rings. The molecular formula is C68H55BN2OP2. The van der Waals surface area contributed by atoms with Crippen molar-refractivity contribution in [3.63, 3.8) is 0 Å². The van der Waals surface area contributed by atoms with E-state index in [0.717, 1.165) is 67.8 Å². The van der Waals surface area contributed by atoms with E-state index in [1.54, 1.807) is 0 Å². The minimum Gasteiger partial charge on any atom is -0.456 e. The van der Waals surface area contributed by atoms with Crippen molar-refractivity contribution in [2.45, 2.75) is 65.0 Å². The molecule has 356 valence electrons. The van der Waals surface area contributed by atoms with Gasteiger partial charge in [0, 0.05) is 72.7 Å². The summed E-state index contributed by atoms with van der Waals surface area (Å²) in [5.41, 5.74) is 21.7. The lowest BCUT2D eigenvalue weighted by molar-refractivity contribution is 0.590. The van der Waals surface area contributed by atoms with Crippen LogP contribution in [0.1, 0.15) is 69.4 Å². The monoisotopic (exact) mass is 988 g/mol. The number of furan rings is 1. The molecule has 0 bridgehead atoms. The van der Waals surface area contributed by atoms with Gasteiger partial charge in [-0.25, -0.2) is 0 Å². The zero-order valence-electron chi connectivity index (χ0n) is 42.8. The summed E-state index contributed by atoms with van der Waals surface area (Å²) in [7, 11) is 2.03. The standard InChI is InChI=1S/C68H55BN2OP2/c1-67(2,3)43-27-28-58-53(32-43)54-33-44(68(4,5)6)34-55-64-63-49-25-17-18-26-61(49)72-62(63)38-60-65(64)69(71(58)66(54)55)57-36-51-50(29-40-19-11-9-12-20-40)47-23-15-16-24-48(47)56(39-73-7)52(51)37-59(57)70(60)45-30-42(31-46(35-45)74-8)41-21-13-10-14-22-41/h9-28,30-38H,7-8,29,39H2,1-6H3. The molecule has 74 heavy (non-hydrogen) atoms. The van der Waals surface area contributed by atoms with Crippen LogP contribution in [0.5, 0.6) is 0 Å². The minimum atomic E-state index is -0.185. The molecule has 0 saturated heterocycles. The first-order valence-electron chi connectivity index (χ1n) is 25.9. The number of hydrogen-bond donors (Lipinski definition) is 0. The summed E-state index contributed by atoms with van der Waals surface area (Å²) in [5.74, 6) is 0. The zero-order valence-corrected chi connectivity index (χ0v) is 44.6. The second-order valence-corrected chi connectivity index (χ2v) is 24.3. The van der Waals surface area contributed by atoms with Gasteiger partial charge >= 0.3 is 6.85 Å². The number of aromatic nitrogens is 1. The van der Waals surface area contributed by atoms with Gasteiger partial charge in [0.2, 0.25) is 0 Å². The van der Waals surface area contributed by atoms with Crippen molar-refractivity contribution >= 4 is 134 Å². The molecule has 6 heteroatoms. The van der Waals surface area contributed by atoms with Crippen molar-refractivity contribution < 1.29 is 4.42 Å². The Balaban J connectivity index is 1.22. The van der Waals surface area contributed by atoms with E-state index in [0.29, 0.717) is 0 Å². The third kappa shape index (κ3) is 6.74. The Morgan fingerprint density at radius 2 is 1.22 bits per heavy atom. The molecule has 0 aliphatic carbocycles. The zero-order chi connectivity index (χ0) is 50.4. The average molecular weight is 989 g/mol. The van der Waals surface area contributed by atoms with Gasteiger partial charge < -0.3 is 13.8 Å². The molecule has 0 N–H and O–H groups in total.